The third kappa shape index (κ3) is 3.77. The molecular formula is C27H28N2O3. The molecule has 0 N–H and O–H groups in total. The molecule has 0 bridgehead atoms. The number of carbonyl (C=O) groups excluding carboxylic acids is 2. The molecule has 1 fully saturated rings. The van der Waals surface area contributed by atoms with Crippen LogP contribution in [0.15, 0.2) is 46.9 Å². The van der Waals surface area contributed by atoms with Crippen LogP contribution in [0.25, 0.3) is 11.1 Å². The summed E-state index contributed by atoms with van der Waals surface area (Å²) in [5.41, 5.74) is 5.69. The van der Waals surface area contributed by atoms with Crippen LogP contribution in [0.1, 0.15) is 75.2 Å². The summed E-state index contributed by atoms with van der Waals surface area (Å²) in [5, 5.41) is 0. The maximum Gasteiger partial charge on any atom is 0.289 e. The molecule has 3 heterocycles. The Balaban J connectivity index is 1.40. The summed E-state index contributed by atoms with van der Waals surface area (Å²) in [6.07, 6.45) is 3.98. The lowest BCUT2D eigenvalue weighted by Crippen LogP contribution is -2.39. The van der Waals surface area contributed by atoms with Crippen molar-refractivity contribution in [2.24, 2.45) is 0 Å². The highest BCUT2D eigenvalue weighted by molar-refractivity contribution is 6.03. The van der Waals surface area contributed by atoms with Gasteiger partial charge in [-0.1, -0.05) is 30.3 Å². The highest BCUT2D eigenvalue weighted by Gasteiger charge is 2.33. The van der Waals surface area contributed by atoms with Crippen LogP contribution in [0.5, 0.6) is 0 Å². The molecule has 1 amide bonds. The van der Waals surface area contributed by atoms with E-state index in [1.54, 1.807) is 0 Å². The molecule has 1 aliphatic carbocycles. The summed E-state index contributed by atoms with van der Waals surface area (Å²) >= 11 is 0. The molecule has 0 unspecified atom stereocenters. The maximum absolute atomic E-state index is 13.4. The van der Waals surface area contributed by atoms with E-state index >= 15 is 0 Å². The van der Waals surface area contributed by atoms with Crippen molar-refractivity contribution in [2.45, 2.75) is 51.9 Å². The number of ketones is 1. The average molecular weight is 429 g/mol. The Bertz CT molecular complexity index is 1180. The number of benzene rings is 1. The minimum atomic E-state index is -0.106. The molecule has 5 heteroatoms. The molecule has 3 aromatic rings. The molecule has 1 aromatic carbocycles. The van der Waals surface area contributed by atoms with Gasteiger partial charge in [-0.25, -0.2) is 0 Å². The van der Waals surface area contributed by atoms with E-state index in [0.717, 1.165) is 42.6 Å². The van der Waals surface area contributed by atoms with Gasteiger partial charge in [0.15, 0.2) is 11.5 Å². The number of carbonyl (C=O) groups is 2. The minimum absolute atomic E-state index is 0.0977. The summed E-state index contributed by atoms with van der Waals surface area (Å²) in [5.74, 6) is 1.20. The Kier molecular flexibility index (Phi) is 5.41. The van der Waals surface area contributed by atoms with Crippen LogP contribution in [0.4, 0.5) is 0 Å². The fourth-order valence-corrected chi connectivity index (χ4v) is 5.10. The highest BCUT2D eigenvalue weighted by atomic mass is 16.4. The second-order valence-corrected chi connectivity index (χ2v) is 9.01. The maximum atomic E-state index is 13.4. The fourth-order valence-electron chi connectivity index (χ4n) is 5.10. The zero-order valence-electron chi connectivity index (χ0n) is 18.7. The van der Waals surface area contributed by atoms with Crippen LogP contribution < -0.4 is 0 Å². The number of hydrogen-bond donors (Lipinski definition) is 0. The molecule has 1 saturated heterocycles. The molecule has 0 spiro atoms. The topological polar surface area (TPSA) is 63.4 Å². The number of nitrogens with zero attached hydrogens (tertiary/aromatic N) is 2. The summed E-state index contributed by atoms with van der Waals surface area (Å²) in [6, 6.07) is 14.6. The molecular weight excluding hydrogens is 400 g/mol. The lowest BCUT2D eigenvalue weighted by atomic mass is 9.91. The average Bonchev–Trinajstić information content (AvgIpc) is 3.16. The second-order valence-electron chi connectivity index (χ2n) is 9.01. The van der Waals surface area contributed by atoms with Crippen LogP contribution in [0, 0.1) is 13.8 Å². The molecule has 1 aliphatic heterocycles. The van der Waals surface area contributed by atoms with E-state index in [0.29, 0.717) is 42.2 Å². The number of rotatable bonds is 3. The van der Waals surface area contributed by atoms with Crippen molar-refractivity contribution < 1.29 is 14.0 Å². The van der Waals surface area contributed by atoms with E-state index < -0.39 is 0 Å². The summed E-state index contributed by atoms with van der Waals surface area (Å²) < 4.78 is 5.93. The van der Waals surface area contributed by atoms with E-state index in [1.807, 2.05) is 36.9 Å². The van der Waals surface area contributed by atoms with Gasteiger partial charge in [0.1, 0.15) is 5.76 Å². The Morgan fingerprint density at radius 3 is 2.66 bits per heavy atom. The number of aryl methyl sites for hydroxylation is 2. The fraction of sp³-hybridized carbons (Fsp3) is 0.370. The standard InChI is InChI=1S/C27H28N2O3/c1-17-14-21(19-8-4-3-5-9-19)15-22(28-17)20-10-7-13-29(16-20)27(31)26-18(2)25-23(30)11-6-12-24(25)32-26/h3-5,8-9,14-15,20H,6-7,10-13,16H2,1-2H3/t20-/m0/s1. The summed E-state index contributed by atoms with van der Waals surface area (Å²) in [6.45, 7) is 5.18. The predicted molar refractivity (Wildman–Crippen MR) is 123 cm³/mol. The molecule has 32 heavy (non-hydrogen) atoms. The van der Waals surface area contributed by atoms with Gasteiger partial charge >= 0.3 is 0 Å². The Hall–Kier alpha value is -3.21. The first-order chi connectivity index (χ1) is 15.5. The number of likely N-dealkylation sites (tertiary alicyclic amines) is 1. The zero-order valence-corrected chi connectivity index (χ0v) is 18.7. The normalized spacial score (nSPS) is 18.5. The van der Waals surface area contributed by atoms with Gasteiger partial charge in [-0.15, -0.1) is 0 Å². The number of aromatic nitrogens is 1. The van der Waals surface area contributed by atoms with Crippen molar-refractivity contribution in [1.82, 2.24) is 9.88 Å². The minimum Gasteiger partial charge on any atom is -0.455 e. The van der Waals surface area contributed by atoms with Crippen molar-refractivity contribution >= 4 is 11.7 Å². The lowest BCUT2D eigenvalue weighted by molar-refractivity contribution is 0.0670. The first-order valence-electron chi connectivity index (χ1n) is 11.5. The molecule has 2 aromatic heterocycles. The lowest BCUT2D eigenvalue weighted by Gasteiger charge is -2.32. The SMILES string of the molecule is Cc1cc(-c2ccccc2)cc([C@H]2CCCN(C(=O)c3oc4c(c3C)C(=O)CCC4)C2)n1. The Labute approximate surface area is 188 Å². The molecule has 0 radical (unpaired) electrons. The Morgan fingerprint density at radius 1 is 1.06 bits per heavy atom. The largest absolute Gasteiger partial charge is 0.455 e. The monoisotopic (exact) mass is 428 g/mol. The quantitative estimate of drug-likeness (QED) is 0.553. The zero-order chi connectivity index (χ0) is 22.2. The van der Waals surface area contributed by atoms with Gasteiger partial charge in [0.2, 0.25) is 0 Å². The number of amides is 1. The second kappa shape index (κ2) is 8.38. The number of furan rings is 1. The van der Waals surface area contributed by atoms with Crippen molar-refractivity contribution in [3.63, 3.8) is 0 Å². The molecule has 0 saturated carbocycles. The van der Waals surface area contributed by atoms with Crippen LogP contribution in [0.2, 0.25) is 0 Å². The van der Waals surface area contributed by atoms with Gasteiger partial charge in [0.05, 0.1) is 5.56 Å². The van der Waals surface area contributed by atoms with Crippen molar-refractivity contribution in [3.05, 3.63) is 76.5 Å². The number of hydrogen-bond acceptors (Lipinski definition) is 4. The number of Topliss-reactive ketones (excluding diaryl/α,β-unsaturated/α-hetero) is 1. The van der Waals surface area contributed by atoms with Crippen LogP contribution >= 0.6 is 0 Å². The summed E-state index contributed by atoms with van der Waals surface area (Å²) in [4.78, 5) is 32.4. The van der Waals surface area contributed by atoms with Gasteiger partial charge in [-0.3, -0.25) is 14.6 Å². The van der Waals surface area contributed by atoms with E-state index in [9.17, 15) is 9.59 Å². The van der Waals surface area contributed by atoms with Crippen molar-refractivity contribution in [3.8, 4) is 11.1 Å². The first kappa shape index (κ1) is 20.7. The number of pyridine rings is 1. The van der Waals surface area contributed by atoms with E-state index in [-0.39, 0.29) is 17.6 Å². The van der Waals surface area contributed by atoms with Gasteiger partial charge in [0.25, 0.3) is 5.91 Å². The smallest absolute Gasteiger partial charge is 0.289 e. The van der Waals surface area contributed by atoms with Gasteiger partial charge in [0, 0.05) is 48.8 Å². The third-order valence-corrected chi connectivity index (χ3v) is 6.71. The highest BCUT2D eigenvalue weighted by Crippen LogP contribution is 2.33. The van der Waals surface area contributed by atoms with Crippen molar-refractivity contribution in [1.29, 1.82) is 0 Å². The third-order valence-electron chi connectivity index (χ3n) is 6.71. The van der Waals surface area contributed by atoms with Gasteiger partial charge < -0.3 is 9.32 Å². The van der Waals surface area contributed by atoms with Crippen LogP contribution in [-0.2, 0) is 6.42 Å². The predicted octanol–water partition coefficient (Wildman–Crippen LogP) is 5.50. The van der Waals surface area contributed by atoms with E-state index in [2.05, 4.69) is 24.3 Å². The summed E-state index contributed by atoms with van der Waals surface area (Å²) in [7, 11) is 0. The number of piperidine rings is 1. The number of fused-ring (bicyclic) bond motifs is 1. The van der Waals surface area contributed by atoms with Crippen molar-refractivity contribution in [2.75, 3.05) is 13.1 Å². The van der Waals surface area contributed by atoms with E-state index in [4.69, 9.17) is 9.40 Å². The molecule has 164 valence electrons. The van der Waals surface area contributed by atoms with E-state index in [1.165, 1.54) is 5.56 Å². The van der Waals surface area contributed by atoms with Gasteiger partial charge in [-0.05, 0) is 56.4 Å². The molecule has 1 atom stereocenters. The molecule has 2 aliphatic rings. The molecule has 5 nitrogen and oxygen atoms in total. The first-order valence-corrected chi connectivity index (χ1v) is 11.5. The van der Waals surface area contributed by atoms with Gasteiger partial charge in [-0.2, -0.15) is 0 Å². The molecule has 5 rings (SSSR count). The van der Waals surface area contributed by atoms with Crippen LogP contribution in [0.3, 0.4) is 0 Å². The Morgan fingerprint density at radius 2 is 1.88 bits per heavy atom. The van der Waals surface area contributed by atoms with Crippen LogP contribution in [-0.4, -0.2) is 34.7 Å².